The molecule has 0 aromatic carbocycles. The number of aliphatic hydroxyl groups is 1. The molecular formula is C22H24N4O5S3. The average molecular weight is 521 g/mol. The maximum atomic E-state index is 12.5. The maximum absolute atomic E-state index is 12.5. The molecule has 4 atom stereocenters. The van der Waals surface area contributed by atoms with Crippen LogP contribution in [-0.2, 0) is 16.1 Å². The molecule has 12 heteroatoms. The highest BCUT2D eigenvalue weighted by Gasteiger charge is 2.60. The van der Waals surface area contributed by atoms with Gasteiger partial charge in [-0.25, -0.2) is 9.78 Å². The fourth-order valence-electron chi connectivity index (χ4n) is 4.72. The highest BCUT2D eigenvalue weighted by Crippen LogP contribution is 2.52. The van der Waals surface area contributed by atoms with Gasteiger partial charge in [-0.3, -0.25) is 9.59 Å². The smallest absolute Gasteiger partial charge is 0.353 e. The van der Waals surface area contributed by atoms with Crippen LogP contribution in [0.15, 0.2) is 33.5 Å². The minimum Gasteiger partial charge on any atom is -0.477 e. The van der Waals surface area contributed by atoms with Gasteiger partial charge in [0.15, 0.2) is 5.13 Å². The number of anilines is 1. The molecule has 2 amide bonds. The van der Waals surface area contributed by atoms with Crippen LogP contribution in [-0.4, -0.2) is 68.4 Å². The lowest BCUT2D eigenvalue weighted by Crippen LogP contribution is -2.63. The third-order valence-electron chi connectivity index (χ3n) is 6.44. The van der Waals surface area contributed by atoms with Crippen LogP contribution in [0, 0.1) is 11.8 Å². The molecule has 0 spiro atoms. The highest BCUT2D eigenvalue weighted by atomic mass is 32.2. The first-order chi connectivity index (χ1) is 16.3. The number of carboxylic acids is 1. The Bertz CT molecular complexity index is 1160. The van der Waals surface area contributed by atoms with Crippen molar-refractivity contribution >= 4 is 57.4 Å². The van der Waals surface area contributed by atoms with Crippen molar-refractivity contribution in [2.45, 2.75) is 37.8 Å². The first-order valence-corrected chi connectivity index (χ1v) is 13.6. The van der Waals surface area contributed by atoms with E-state index in [1.54, 1.807) is 13.0 Å². The number of amides is 2. The number of β-lactam (4-membered cyclic amide) rings is 1. The second-order valence-corrected chi connectivity index (χ2v) is 11.8. The molecule has 2 aromatic rings. The number of thiophene rings is 1. The van der Waals surface area contributed by atoms with Gasteiger partial charge in [-0.05, 0) is 18.4 Å². The third-order valence-corrected chi connectivity index (χ3v) is 9.71. The number of hydrogen-bond donors (Lipinski definition) is 3. The van der Waals surface area contributed by atoms with E-state index in [4.69, 9.17) is 0 Å². The number of nitrogens with one attached hydrogen (secondary N) is 1. The van der Waals surface area contributed by atoms with Crippen molar-refractivity contribution in [3.63, 3.8) is 0 Å². The third kappa shape index (κ3) is 3.92. The summed E-state index contributed by atoms with van der Waals surface area (Å²) in [5.41, 5.74) is 0.870. The molecule has 5 rings (SSSR count). The number of carbonyl (C=O) groups excluding carboxylic acids is 2. The Labute approximate surface area is 208 Å². The van der Waals surface area contributed by atoms with Gasteiger partial charge in [0.2, 0.25) is 5.91 Å². The zero-order valence-electron chi connectivity index (χ0n) is 18.5. The van der Waals surface area contributed by atoms with Gasteiger partial charge in [0, 0.05) is 34.5 Å². The summed E-state index contributed by atoms with van der Waals surface area (Å²) in [6.45, 7) is 5.33. The van der Waals surface area contributed by atoms with Crippen LogP contribution in [0.5, 0.6) is 0 Å². The molecule has 2 aromatic heterocycles. The van der Waals surface area contributed by atoms with E-state index in [1.165, 1.54) is 39.3 Å². The Balaban J connectivity index is 1.18. The van der Waals surface area contributed by atoms with Gasteiger partial charge in [-0.1, -0.05) is 13.0 Å². The van der Waals surface area contributed by atoms with Crippen LogP contribution in [0.2, 0.25) is 0 Å². The van der Waals surface area contributed by atoms with Crippen molar-refractivity contribution in [3.8, 4) is 0 Å². The van der Waals surface area contributed by atoms with Gasteiger partial charge in [0.1, 0.15) is 5.70 Å². The van der Waals surface area contributed by atoms with Crippen molar-refractivity contribution in [3.05, 3.63) is 44.1 Å². The van der Waals surface area contributed by atoms with E-state index in [0.717, 1.165) is 28.8 Å². The van der Waals surface area contributed by atoms with Crippen LogP contribution in [0.25, 0.3) is 0 Å². The largest absolute Gasteiger partial charge is 0.477 e. The molecular weight excluding hydrogens is 496 g/mol. The number of hydrogen-bond acceptors (Lipinski definition) is 9. The van der Waals surface area contributed by atoms with Gasteiger partial charge in [0.05, 0.1) is 35.2 Å². The topological polar surface area (TPSA) is 123 Å². The second-order valence-electron chi connectivity index (χ2n) is 8.70. The van der Waals surface area contributed by atoms with Crippen molar-refractivity contribution in [2.24, 2.45) is 11.8 Å². The first-order valence-electron chi connectivity index (χ1n) is 10.9. The lowest BCUT2D eigenvalue weighted by atomic mass is 9.79. The van der Waals surface area contributed by atoms with E-state index in [-0.39, 0.29) is 34.7 Å². The van der Waals surface area contributed by atoms with Crippen LogP contribution in [0.4, 0.5) is 5.13 Å². The second kappa shape index (κ2) is 8.99. The number of aromatic nitrogens is 1. The molecule has 0 bridgehead atoms. The summed E-state index contributed by atoms with van der Waals surface area (Å²) < 4.78 is 0. The predicted molar refractivity (Wildman–Crippen MR) is 131 cm³/mol. The summed E-state index contributed by atoms with van der Waals surface area (Å²) in [6.07, 6.45) is -0.802. The van der Waals surface area contributed by atoms with E-state index in [2.05, 4.69) is 15.2 Å². The molecule has 2 fully saturated rings. The minimum absolute atomic E-state index is 0.0702. The molecule has 0 radical (unpaired) electrons. The van der Waals surface area contributed by atoms with E-state index in [0.29, 0.717) is 11.4 Å². The number of rotatable bonds is 8. The van der Waals surface area contributed by atoms with Gasteiger partial charge in [-0.15, -0.1) is 34.4 Å². The molecule has 3 N–H and O–H groups in total. The van der Waals surface area contributed by atoms with Crippen molar-refractivity contribution in [1.29, 1.82) is 0 Å². The lowest BCUT2D eigenvalue weighted by molar-refractivity contribution is -0.163. The Morgan fingerprint density at radius 2 is 2.12 bits per heavy atom. The molecule has 3 aliphatic heterocycles. The maximum Gasteiger partial charge on any atom is 0.353 e. The van der Waals surface area contributed by atoms with E-state index in [1.807, 2.05) is 23.8 Å². The minimum atomic E-state index is -1.10. The Morgan fingerprint density at radius 1 is 1.35 bits per heavy atom. The summed E-state index contributed by atoms with van der Waals surface area (Å²) in [5.74, 6) is -2.19. The van der Waals surface area contributed by atoms with Crippen molar-refractivity contribution < 1.29 is 24.6 Å². The fourth-order valence-corrected chi connectivity index (χ4v) is 7.72. The van der Waals surface area contributed by atoms with Gasteiger partial charge in [-0.2, -0.15) is 0 Å². The summed E-state index contributed by atoms with van der Waals surface area (Å²) in [6, 6.07) is 3.33. The predicted octanol–water partition coefficient (Wildman–Crippen LogP) is 2.21. The lowest BCUT2D eigenvalue weighted by Gasteiger charge is -2.46. The van der Waals surface area contributed by atoms with Crippen molar-refractivity contribution in [1.82, 2.24) is 15.2 Å². The van der Waals surface area contributed by atoms with E-state index < -0.39 is 18.0 Å². The molecule has 3 aliphatic rings. The summed E-state index contributed by atoms with van der Waals surface area (Å²) in [5, 5.41) is 27.5. The summed E-state index contributed by atoms with van der Waals surface area (Å²) in [4.78, 5) is 46.0. The number of aliphatic hydroxyl groups excluding tert-OH is 1. The standard InChI is InChI=1S/C22H24N4O5S3/c1-10-16-15(11(2)27)20(29)26(16)17(21(30)31)18(10)34-13-7-25(8-13)22-24-12(9-33-22)6-23-19(28)14-4-3-5-32-14/h3-5,9-11,13,15-16,27H,6-8H2,1-2H3,(H,23,28)(H,30,31)/t10-,11-,15-,16-/m1/s1. The molecule has 9 nitrogen and oxygen atoms in total. The van der Waals surface area contributed by atoms with Crippen molar-refractivity contribution in [2.75, 3.05) is 18.0 Å². The van der Waals surface area contributed by atoms with E-state index in [9.17, 15) is 24.6 Å². The van der Waals surface area contributed by atoms with Crippen LogP contribution >= 0.6 is 34.4 Å². The Morgan fingerprint density at radius 3 is 2.76 bits per heavy atom. The Hall–Kier alpha value is -2.41. The zero-order valence-corrected chi connectivity index (χ0v) is 21.0. The average Bonchev–Trinajstić information content (AvgIpc) is 3.48. The summed E-state index contributed by atoms with van der Waals surface area (Å²) >= 11 is 4.44. The van der Waals surface area contributed by atoms with Gasteiger partial charge >= 0.3 is 5.97 Å². The molecule has 180 valence electrons. The molecule has 0 saturated carbocycles. The quantitative estimate of drug-likeness (QED) is 0.453. The molecule has 34 heavy (non-hydrogen) atoms. The van der Waals surface area contributed by atoms with Crippen LogP contribution in [0.3, 0.4) is 0 Å². The number of fused-ring (bicyclic) bond motifs is 1. The fraction of sp³-hybridized carbons (Fsp3) is 0.455. The van der Waals surface area contributed by atoms with E-state index >= 15 is 0 Å². The number of nitrogens with zero attached hydrogens (tertiary/aromatic N) is 3. The summed E-state index contributed by atoms with van der Waals surface area (Å²) in [7, 11) is 0. The van der Waals surface area contributed by atoms with Gasteiger partial charge in [0.25, 0.3) is 5.91 Å². The zero-order chi connectivity index (χ0) is 24.1. The molecule has 5 heterocycles. The number of thioether (sulfide) groups is 1. The van der Waals surface area contributed by atoms with Crippen LogP contribution in [0.1, 0.15) is 29.2 Å². The molecule has 0 aliphatic carbocycles. The number of aliphatic carboxylic acids is 1. The Kier molecular flexibility index (Phi) is 6.17. The normalized spacial score (nSPS) is 25.1. The number of carboxylic acid groups (broad SMARTS) is 1. The number of thiazole rings is 1. The molecule has 2 saturated heterocycles. The van der Waals surface area contributed by atoms with Crippen LogP contribution < -0.4 is 10.2 Å². The first kappa shape index (κ1) is 23.3. The molecule has 0 unspecified atom stereocenters. The van der Waals surface area contributed by atoms with Gasteiger partial charge < -0.3 is 25.3 Å². The SMILES string of the molecule is C[C@@H](O)[C@H]1C(=O)N2C(C(=O)O)=C(SC3CN(c4nc(CNC(=O)c5cccs5)cs4)C3)[C@H](C)[C@H]12. The number of carbonyl (C=O) groups is 3. The monoisotopic (exact) mass is 520 g/mol. The highest BCUT2D eigenvalue weighted by molar-refractivity contribution is 8.03.